The van der Waals surface area contributed by atoms with E-state index in [2.05, 4.69) is 10.7 Å². The molecule has 0 spiro atoms. The molecular formula is C16H15N3O2S. The summed E-state index contributed by atoms with van der Waals surface area (Å²) >= 11 is 1.60. The van der Waals surface area contributed by atoms with Crippen LogP contribution in [0.5, 0.6) is 0 Å². The summed E-state index contributed by atoms with van der Waals surface area (Å²) in [7, 11) is 0. The van der Waals surface area contributed by atoms with E-state index < -0.39 is 6.04 Å². The maximum atomic E-state index is 12.2. The van der Waals surface area contributed by atoms with E-state index >= 15 is 0 Å². The minimum Gasteiger partial charge on any atom is -0.295 e. The highest BCUT2D eigenvalue weighted by molar-refractivity contribution is 7.10. The minimum absolute atomic E-state index is 0.139. The van der Waals surface area contributed by atoms with Gasteiger partial charge in [-0.05, 0) is 17.0 Å². The van der Waals surface area contributed by atoms with Crippen molar-refractivity contribution in [2.24, 2.45) is 5.92 Å². The van der Waals surface area contributed by atoms with E-state index in [1.165, 1.54) is 0 Å². The topological polar surface area (TPSA) is 61.4 Å². The van der Waals surface area contributed by atoms with Gasteiger partial charge in [-0.25, -0.2) is 10.4 Å². The number of hydrogen-bond acceptors (Lipinski definition) is 5. The Kier molecular flexibility index (Phi) is 3.29. The van der Waals surface area contributed by atoms with Crippen LogP contribution in [-0.2, 0) is 16.1 Å². The molecule has 0 bridgehead atoms. The van der Waals surface area contributed by atoms with Crippen LogP contribution in [0, 0.1) is 5.92 Å². The molecule has 2 aliphatic heterocycles. The van der Waals surface area contributed by atoms with E-state index in [9.17, 15) is 9.59 Å². The first-order chi connectivity index (χ1) is 10.7. The second-order valence-corrected chi connectivity index (χ2v) is 6.54. The number of carbonyl (C=O) groups excluding carboxylic acids is 2. The van der Waals surface area contributed by atoms with Gasteiger partial charge in [-0.1, -0.05) is 36.4 Å². The molecule has 3 atom stereocenters. The highest BCUT2D eigenvalue weighted by atomic mass is 32.1. The van der Waals surface area contributed by atoms with Crippen molar-refractivity contribution in [3.63, 3.8) is 0 Å². The fraction of sp³-hybridized carbons (Fsp3) is 0.250. The maximum Gasteiger partial charge on any atom is 0.246 e. The van der Waals surface area contributed by atoms with Crippen molar-refractivity contribution in [1.29, 1.82) is 0 Å². The van der Waals surface area contributed by atoms with Gasteiger partial charge in [-0.15, -0.1) is 11.3 Å². The summed E-state index contributed by atoms with van der Waals surface area (Å²) in [4.78, 5) is 25.4. The molecule has 0 aliphatic carbocycles. The number of benzene rings is 1. The SMILES string of the molecule is O=C1NC(=O)[C@@H]2[C@H]1[C@H](c1cccs1)NN2Cc1ccccc1. The lowest BCUT2D eigenvalue weighted by Crippen LogP contribution is -2.43. The number of fused-ring (bicyclic) bond motifs is 1. The van der Waals surface area contributed by atoms with Gasteiger partial charge in [-0.3, -0.25) is 14.9 Å². The number of nitrogens with zero attached hydrogens (tertiary/aromatic N) is 1. The number of carbonyl (C=O) groups is 2. The number of nitrogens with one attached hydrogen (secondary N) is 2. The number of hydrogen-bond donors (Lipinski definition) is 2. The molecule has 4 rings (SSSR count). The monoisotopic (exact) mass is 313 g/mol. The number of hydrazine groups is 1. The van der Waals surface area contributed by atoms with Crippen molar-refractivity contribution < 1.29 is 9.59 Å². The first-order valence-corrected chi connectivity index (χ1v) is 8.07. The zero-order valence-electron chi connectivity index (χ0n) is 11.7. The molecule has 2 aliphatic rings. The molecule has 1 aromatic carbocycles. The molecular weight excluding hydrogens is 298 g/mol. The molecule has 112 valence electrons. The van der Waals surface area contributed by atoms with Gasteiger partial charge in [0.25, 0.3) is 0 Å². The summed E-state index contributed by atoms with van der Waals surface area (Å²) in [6.45, 7) is 0.588. The Morgan fingerprint density at radius 3 is 2.59 bits per heavy atom. The molecule has 1 aromatic heterocycles. The lowest BCUT2D eigenvalue weighted by molar-refractivity contribution is -0.127. The molecule has 3 heterocycles. The van der Waals surface area contributed by atoms with E-state index in [1.807, 2.05) is 52.9 Å². The zero-order valence-corrected chi connectivity index (χ0v) is 12.5. The molecule has 0 saturated carbocycles. The maximum absolute atomic E-state index is 12.2. The van der Waals surface area contributed by atoms with Gasteiger partial charge in [0.05, 0.1) is 12.0 Å². The van der Waals surface area contributed by atoms with Crippen LogP contribution < -0.4 is 10.7 Å². The summed E-state index contributed by atoms with van der Waals surface area (Å²) in [5, 5.41) is 6.35. The first-order valence-electron chi connectivity index (χ1n) is 7.19. The van der Waals surface area contributed by atoms with Crippen LogP contribution in [-0.4, -0.2) is 22.9 Å². The summed E-state index contributed by atoms with van der Waals surface area (Å²) in [6, 6.07) is 13.3. The van der Waals surface area contributed by atoms with Crippen LogP contribution in [0.2, 0.25) is 0 Å². The Bertz CT molecular complexity index is 701. The average Bonchev–Trinajstić information content (AvgIpc) is 3.20. The molecule has 5 nitrogen and oxygen atoms in total. The Morgan fingerprint density at radius 1 is 1.05 bits per heavy atom. The minimum atomic E-state index is -0.445. The van der Waals surface area contributed by atoms with Gasteiger partial charge in [0.2, 0.25) is 11.8 Å². The fourth-order valence-corrected chi connectivity index (χ4v) is 4.04. The Labute approximate surface area is 131 Å². The molecule has 22 heavy (non-hydrogen) atoms. The molecule has 2 fully saturated rings. The lowest BCUT2D eigenvalue weighted by atomic mass is 9.95. The van der Waals surface area contributed by atoms with Crippen LogP contribution in [0.15, 0.2) is 47.8 Å². The summed E-state index contributed by atoms with van der Waals surface area (Å²) < 4.78 is 0. The average molecular weight is 313 g/mol. The van der Waals surface area contributed by atoms with E-state index in [1.54, 1.807) is 11.3 Å². The third-order valence-corrected chi connectivity index (χ3v) is 5.16. The van der Waals surface area contributed by atoms with Gasteiger partial charge in [0.1, 0.15) is 6.04 Å². The van der Waals surface area contributed by atoms with Crippen LogP contribution >= 0.6 is 11.3 Å². The van der Waals surface area contributed by atoms with E-state index in [4.69, 9.17) is 0 Å². The third kappa shape index (κ3) is 2.16. The van der Waals surface area contributed by atoms with E-state index in [-0.39, 0.29) is 23.8 Å². The van der Waals surface area contributed by atoms with Crippen molar-refractivity contribution in [1.82, 2.24) is 15.8 Å². The van der Waals surface area contributed by atoms with Crippen LogP contribution in [0.4, 0.5) is 0 Å². The van der Waals surface area contributed by atoms with Gasteiger partial charge >= 0.3 is 0 Å². The smallest absolute Gasteiger partial charge is 0.246 e. The Balaban J connectivity index is 1.65. The highest BCUT2D eigenvalue weighted by Crippen LogP contribution is 2.39. The van der Waals surface area contributed by atoms with Crippen molar-refractivity contribution in [2.45, 2.75) is 18.6 Å². The predicted molar refractivity (Wildman–Crippen MR) is 82.6 cm³/mol. The van der Waals surface area contributed by atoms with Crippen LogP contribution in [0.25, 0.3) is 0 Å². The molecule has 2 aromatic rings. The second kappa shape index (κ2) is 5.31. The predicted octanol–water partition coefficient (Wildman–Crippen LogP) is 1.45. The van der Waals surface area contributed by atoms with E-state index in [0.717, 1.165) is 10.4 Å². The van der Waals surface area contributed by atoms with Crippen molar-refractivity contribution >= 4 is 23.2 Å². The Hall–Kier alpha value is -2.02. The quantitative estimate of drug-likeness (QED) is 0.842. The van der Waals surface area contributed by atoms with Gasteiger partial charge < -0.3 is 0 Å². The number of amides is 2. The van der Waals surface area contributed by atoms with Gasteiger partial charge in [0.15, 0.2) is 0 Å². The second-order valence-electron chi connectivity index (χ2n) is 5.56. The van der Waals surface area contributed by atoms with Crippen molar-refractivity contribution in [3.05, 3.63) is 58.3 Å². The van der Waals surface area contributed by atoms with Crippen LogP contribution in [0.1, 0.15) is 16.5 Å². The van der Waals surface area contributed by atoms with Gasteiger partial charge in [-0.2, -0.15) is 0 Å². The standard InChI is InChI=1S/C16H15N3O2S/c20-15-12-13(11-7-4-8-22-11)18-19(14(12)16(21)17-15)9-10-5-2-1-3-6-10/h1-8,12-14,18H,9H2,(H,17,20,21)/t12-,13+,14+/m1/s1. The summed E-state index contributed by atoms with van der Waals surface area (Å²) in [6.07, 6.45) is 0. The number of imide groups is 1. The molecule has 6 heteroatoms. The molecule has 2 saturated heterocycles. The van der Waals surface area contributed by atoms with Crippen molar-refractivity contribution in [3.8, 4) is 0 Å². The Morgan fingerprint density at radius 2 is 1.86 bits per heavy atom. The number of rotatable bonds is 3. The molecule has 2 N–H and O–H groups in total. The molecule has 0 radical (unpaired) electrons. The normalized spacial score (nSPS) is 27.9. The number of thiophene rings is 1. The summed E-state index contributed by atoms with van der Waals surface area (Å²) in [5.74, 6) is -0.760. The first kappa shape index (κ1) is 13.6. The molecule has 0 unspecified atom stereocenters. The largest absolute Gasteiger partial charge is 0.295 e. The fourth-order valence-electron chi connectivity index (χ4n) is 3.23. The third-order valence-electron chi connectivity index (χ3n) is 4.20. The zero-order chi connectivity index (χ0) is 15.1. The molecule has 2 amide bonds. The lowest BCUT2D eigenvalue weighted by Gasteiger charge is -2.21. The van der Waals surface area contributed by atoms with Crippen LogP contribution in [0.3, 0.4) is 0 Å². The highest BCUT2D eigenvalue weighted by Gasteiger charge is 2.55. The van der Waals surface area contributed by atoms with E-state index in [0.29, 0.717) is 6.54 Å². The van der Waals surface area contributed by atoms with Crippen molar-refractivity contribution in [2.75, 3.05) is 0 Å². The summed E-state index contributed by atoms with van der Waals surface area (Å²) in [5.41, 5.74) is 4.47. The van der Waals surface area contributed by atoms with Gasteiger partial charge in [0, 0.05) is 11.4 Å².